The second-order valence-electron chi connectivity index (χ2n) is 9.67. The minimum absolute atomic E-state index is 0.0173. The van der Waals surface area contributed by atoms with Crippen LogP contribution in [0.1, 0.15) is 96.8 Å². The Morgan fingerprint density at radius 3 is 2.44 bits per heavy atom. The fourth-order valence-electron chi connectivity index (χ4n) is 4.35. The largest absolute Gasteiger partial charge is 0.493 e. The fraction of sp³-hybridized carbons (Fsp3) is 0.704. The molecule has 1 fully saturated rings. The highest BCUT2D eigenvalue weighted by Gasteiger charge is 2.40. The molecule has 1 aromatic carbocycles. The monoisotopic (exact) mass is 476 g/mol. The summed E-state index contributed by atoms with van der Waals surface area (Å²) in [6.07, 6.45) is 7.04. The molecule has 0 aliphatic carbocycles. The summed E-state index contributed by atoms with van der Waals surface area (Å²) in [7, 11) is 1.57. The molecule has 2 aliphatic heterocycles. The summed E-state index contributed by atoms with van der Waals surface area (Å²) in [5.41, 5.74) is 0.348. The maximum absolute atomic E-state index is 13.4. The molecule has 0 aromatic heterocycles. The molecular formula is C27H44N2O5. The molecule has 1 aromatic rings. The second kappa shape index (κ2) is 12.9. The third-order valence-corrected chi connectivity index (χ3v) is 5.95. The van der Waals surface area contributed by atoms with Gasteiger partial charge in [0.05, 0.1) is 31.0 Å². The molecule has 1 saturated heterocycles. The molecule has 3 rings (SSSR count). The highest BCUT2D eigenvalue weighted by molar-refractivity contribution is 6.05. The molecule has 2 amide bonds. The molecule has 1 atom stereocenters. The maximum Gasteiger partial charge on any atom is 0.414 e. The van der Waals surface area contributed by atoms with Gasteiger partial charge in [-0.2, -0.15) is 0 Å². The van der Waals surface area contributed by atoms with Gasteiger partial charge in [0.1, 0.15) is 5.60 Å². The summed E-state index contributed by atoms with van der Waals surface area (Å²) in [6.45, 7) is 13.4. The average molecular weight is 477 g/mol. The number of unbranched alkanes of at least 4 members (excludes halogenated alkanes) is 4. The number of hydrogen-bond acceptors (Lipinski definition) is 5. The van der Waals surface area contributed by atoms with Crippen LogP contribution in [0, 0.1) is 0 Å². The quantitative estimate of drug-likeness (QED) is 0.404. The van der Waals surface area contributed by atoms with Crippen molar-refractivity contribution in [3.05, 3.63) is 17.7 Å². The number of hydrogen-bond donors (Lipinski definition) is 0. The summed E-state index contributed by atoms with van der Waals surface area (Å²) in [4.78, 5) is 30.0. The van der Waals surface area contributed by atoms with Crippen LogP contribution in [0.3, 0.4) is 0 Å². The highest BCUT2D eigenvalue weighted by atomic mass is 16.6. The Kier molecular flexibility index (Phi) is 10.5. The van der Waals surface area contributed by atoms with Gasteiger partial charge in [0.15, 0.2) is 11.5 Å². The molecule has 0 saturated carbocycles. The Bertz CT molecular complexity index is 818. The SMILES string of the molecule is CC.CCCCCCCOc1cc2c(cc1OC)C(=O)N1CCCC1CN2C(=O)OC(C)(C)C. The predicted molar refractivity (Wildman–Crippen MR) is 136 cm³/mol. The first-order chi connectivity index (χ1) is 16.2. The van der Waals surface area contributed by atoms with Gasteiger partial charge in [0.2, 0.25) is 0 Å². The van der Waals surface area contributed by atoms with E-state index in [2.05, 4.69) is 6.92 Å². The third-order valence-electron chi connectivity index (χ3n) is 5.95. The van der Waals surface area contributed by atoms with Crippen LogP contribution >= 0.6 is 0 Å². The molecule has 0 radical (unpaired) electrons. The molecule has 2 heterocycles. The van der Waals surface area contributed by atoms with Crippen molar-refractivity contribution < 1.29 is 23.8 Å². The van der Waals surface area contributed by atoms with Crippen molar-refractivity contribution in [1.29, 1.82) is 0 Å². The standard InChI is InChI=1S/C25H38N2O5.C2H6/c1-6-7-8-9-10-14-31-22-16-20-19(15-21(22)30-5)23(28)26-13-11-12-18(26)17-27(20)24(29)32-25(2,3)4;1-2/h15-16,18H,6-14,17H2,1-5H3;1-2H3. The van der Waals surface area contributed by atoms with E-state index in [0.717, 1.165) is 25.7 Å². The van der Waals surface area contributed by atoms with Gasteiger partial charge in [0.25, 0.3) is 5.91 Å². The van der Waals surface area contributed by atoms with Crippen molar-refractivity contribution in [1.82, 2.24) is 4.90 Å². The molecule has 0 spiro atoms. The zero-order chi connectivity index (χ0) is 25.3. The van der Waals surface area contributed by atoms with Crippen LogP contribution < -0.4 is 14.4 Å². The minimum Gasteiger partial charge on any atom is -0.493 e. The number of nitrogens with zero attached hydrogens (tertiary/aromatic N) is 2. The molecular weight excluding hydrogens is 432 g/mol. The Hall–Kier alpha value is -2.44. The van der Waals surface area contributed by atoms with Crippen molar-refractivity contribution in [2.24, 2.45) is 0 Å². The first kappa shape index (κ1) is 27.8. The van der Waals surface area contributed by atoms with Gasteiger partial charge in [-0.05, 0) is 46.1 Å². The van der Waals surface area contributed by atoms with E-state index in [4.69, 9.17) is 14.2 Å². The van der Waals surface area contributed by atoms with E-state index in [1.165, 1.54) is 19.3 Å². The van der Waals surface area contributed by atoms with E-state index in [0.29, 0.717) is 42.4 Å². The van der Waals surface area contributed by atoms with Crippen molar-refractivity contribution >= 4 is 17.7 Å². The zero-order valence-electron chi connectivity index (χ0n) is 22.2. The topological polar surface area (TPSA) is 68.3 Å². The molecule has 7 heteroatoms. The summed E-state index contributed by atoms with van der Waals surface area (Å²) >= 11 is 0. The Balaban J connectivity index is 0.00000199. The summed E-state index contributed by atoms with van der Waals surface area (Å²) < 4.78 is 17.3. The van der Waals surface area contributed by atoms with Crippen molar-refractivity contribution in [2.45, 2.75) is 98.1 Å². The summed E-state index contributed by atoms with van der Waals surface area (Å²) in [6, 6.07) is 3.46. The number of fused-ring (bicyclic) bond motifs is 2. The third kappa shape index (κ3) is 7.03. The molecule has 0 bridgehead atoms. The lowest BCUT2D eigenvalue weighted by Crippen LogP contribution is -2.43. The lowest BCUT2D eigenvalue weighted by Gasteiger charge is -2.29. The number of carbonyl (C=O) groups excluding carboxylic acids is 2. The van der Waals surface area contributed by atoms with Gasteiger partial charge in [0, 0.05) is 19.2 Å². The van der Waals surface area contributed by atoms with Crippen LogP contribution in [0.15, 0.2) is 12.1 Å². The molecule has 1 unspecified atom stereocenters. The maximum atomic E-state index is 13.4. The molecule has 0 N–H and O–H groups in total. The normalized spacial score (nSPS) is 17.3. The second-order valence-corrected chi connectivity index (χ2v) is 9.67. The van der Waals surface area contributed by atoms with Crippen LogP contribution in [0.5, 0.6) is 11.5 Å². The molecule has 2 aliphatic rings. The number of methoxy groups -OCH3 is 1. The Labute approximate surface area is 205 Å². The van der Waals surface area contributed by atoms with Crippen LogP contribution in [-0.4, -0.2) is 55.3 Å². The summed E-state index contributed by atoms with van der Waals surface area (Å²) in [5, 5.41) is 0. The minimum atomic E-state index is -0.632. The van der Waals surface area contributed by atoms with Gasteiger partial charge in [-0.3, -0.25) is 9.69 Å². The van der Waals surface area contributed by atoms with Crippen molar-refractivity contribution in [2.75, 3.05) is 31.7 Å². The van der Waals surface area contributed by atoms with Crippen molar-refractivity contribution in [3.63, 3.8) is 0 Å². The number of anilines is 1. The Morgan fingerprint density at radius 2 is 1.79 bits per heavy atom. The highest BCUT2D eigenvalue weighted by Crippen LogP contribution is 2.40. The molecule has 7 nitrogen and oxygen atoms in total. The lowest BCUT2D eigenvalue weighted by molar-refractivity contribution is 0.0566. The van der Waals surface area contributed by atoms with E-state index in [-0.39, 0.29) is 11.9 Å². The number of rotatable bonds is 8. The van der Waals surface area contributed by atoms with Gasteiger partial charge >= 0.3 is 6.09 Å². The summed E-state index contributed by atoms with van der Waals surface area (Å²) in [5.74, 6) is 0.982. The molecule has 34 heavy (non-hydrogen) atoms. The fourth-order valence-corrected chi connectivity index (χ4v) is 4.35. The van der Waals surface area contributed by atoms with Crippen LogP contribution in [0.2, 0.25) is 0 Å². The first-order valence-corrected chi connectivity index (χ1v) is 12.9. The number of ether oxygens (including phenoxy) is 3. The zero-order valence-corrected chi connectivity index (χ0v) is 22.2. The van der Waals surface area contributed by atoms with E-state index in [9.17, 15) is 9.59 Å². The van der Waals surface area contributed by atoms with E-state index >= 15 is 0 Å². The van der Waals surface area contributed by atoms with Crippen LogP contribution in [0.4, 0.5) is 10.5 Å². The number of amides is 2. The average Bonchev–Trinajstić information content (AvgIpc) is 3.23. The van der Waals surface area contributed by atoms with Gasteiger partial charge < -0.3 is 19.1 Å². The smallest absolute Gasteiger partial charge is 0.414 e. The molecule has 192 valence electrons. The lowest BCUT2D eigenvalue weighted by atomic mass is 10.1. The van der Waals surface area contributed by atoms with E-state index in [1.807, 2.05) is 39.5 Å². The predicted octanol–water partition coefficient (Wildman–Crippen LogP) is 6.43. The van der Waals surface area contributed by atoms with Gasteiger partial charge in [-0.15, -0.1) is 0 Å². The number of benzene rings is 1. The first-order valence-electron chi connectivity index (χ1n) is 12.9. The van der Waals surface area contributed by atoms with Crippen molar-refractivity contribution in [3.8, 4) is 11.5 Å². The van der Waals surface area contributed by atoms with Crippen LogP contribution in [-0.2, 0) is 4.74 Å². The number of carbonyl (C=O) groups is 2. The van der Waals surface area contributed by atoms with Crippen LogP contribution in [0.25, 0.3) is 0 Å². The van der Waals surface area contributed by atoms with E-state index < -0.39 is 11.7 Å². The Morgan fingerprint density at radius 1 is 1.09 bits per heavy atom. The van der Waals surface area contributed by atoms with Gasteiger partial charge in [-0.1, -0.05) is 46.5 Å². The van der Waals surface area contributed by atoms with Gasteiger partial charge in [-0.25, -0.2) is 4.79 Å². The van der Waals surface area contributed by atoms with E-state index in [1.54, 1.807) is 24.1 Å².